The number of aliphatic carboxylic acids is 1. The molecule has 0 bridgehead atoms. The van der Waals surface area contributed by atoms with Crippen LogP contribution in [0.5, 0.6) is 0 Å². The van der Waals surface area contributed by atoms with E-state index in [2.05, 4.69) is 24.1 Å². The zero-order valence-corrected chi connectivity index (χ0v) is 11.9. The Morgan fingerprint density at radius 2 is 2.11 bits per heavy atom. The fourth-order valence-electron chi connectivity index (χ4n) is 2.48. The van der Waals surface area contributed by atoms with Crippen molar-refractivity contribution >= 4 is 12.1 Å². The zero-order valence-electron chi connectivity index (χ0n) is 11.9. The molecule has 2 unspecified atom stereocenters. The average molecular weight is 272 g/mol. The third-order valence-corrected chi connectivity index (χ3v) is 3.10. The number of ether oxygens (including phenoxy) is 1. The van der Waals surface area contributed by atoms with Gasteiger partial charge < -0.3 is 20.1 Å². The monoisotopic (exact) mass is 272 g/mol. The van der Waals surface area contributed by atoms with Gasteiger partial charge in [0.2, 0.25) is 0 Å². The minimum absolute atomic E-state index is 0.160. The van der Waals surface area contributed by atoms with E-state index in [0.29, 0.717) is 32.0 Å². The molecule has 0 aromatic rings. The molecule has 0 spiro atoms. The highest BCUT2D eigenvalue weighted by Gasteiger charge is 2.32. The fourth-order valence-corrected chi connectivity index (χ4v) is 2.48. The van der Waals surface area contributed by atoms with Crippen LogP contribution in [0.4, 0.5) is 4.79 Å². The Balaban J connectivity index is 2.59. The van der Waals surface area contributed by atoms with Crippen LogP contribution in [0.1, 0.15) is 27.2 Å². The number of carbonyl (C=O) groups is 2. The molecule has 1 rings (SSSR count). The summed E-state index contributed by atoms with van der Waals surface area (Å²) in [4.78, 5) is 24.7. The van der Waals surface area contributed by atoms with Gasteiger partial charge in [-0.05, 0) is 19.3 Å². The normalized spacial score (nSPS) is 24.2. The average Bonchev–Trinajstić information content (AvgIpc) is 2.27. The van der Waals surface area contributed by atoms with E-state index < -0.39 is 18.0 Å². The van der Waals surface area contributed by atoms with Gasteiger partial charge in [0.15, 0.2) is 0 Å². The van der Waals surface area contributed by atoms with Crippen molar-refractivity contribution < 1.29 is 19.4 Å². The second-order valence-electron chi connectivity index (χ2n) is 5.44. The molecule has 110 valence electrons. The summed E-state index contributed by atoms with van der Waals surface area (Å²) in [5.41, 5.74) is 0. The number of alkyl carbamates (subject to hydrolysis) is 1. The summed E-state index contributed by atoms with van der Waals surface area (Å²) in [6.45, 7) is 8.32. The number of rotatable bonds is 5. The van der Waals surface area contributed by atoms with E-state index in [4.69, 9.17) is 4.74 Å². The van der Waals surface area contributed by atoms with E-state index >= 15 is 0 Å². The Morgan fingerprint density at radius 3 is 2.63 bits per heavy atom. The van der Waals surface area contributed by atoms with Crippen molar-refractivity contribution in [2.24, 2.45) is 11.8 Å². The van der Waals surface area contributed by atoms with Crippen LogP contribution < -0.4 is 5.32 Å². The first-order valence-corrected chi connectivity index (χ1v) is 6.80. The Labute approximate surface area is 114 Å². The van der Waals surface area contributed by atoms with Crippen LogP contribution in [0.2, 0.25) is 0 Å². The van der Waals surface area contributed by atoms with Gasteiger partial charge in [-0.3, -0.25) is 4.79 Å². The summed E-state index contributed by atoms with van der Waals surface area (Å²) in [5.74, 6) is -0.765. The van der Waals surface area contributed by atoms with E-state index in [1.807, 2.05) is 0 Å². The van der Waals surface area contributed by atoms with E-state index in [1.165, 1.54) is 0 Å². The molecule has 1 saturated heterocycles. The van der Waals surface area contributed by atoms with Gasteiger partial charge in [-0.1, -0.05) is 13.8 Å². The van der Waals surface area contributed by atoms with Crippen LogP contribution >= 0.6 is 0 Å². The molecule has 0 radical (unpaired) electrons. The number of nitrogens with one attached hydrogen (secondary N) is 1. The molecule has 0 aromatic carbocycles. The third-order valence-electron chi connectivity index (χ3n) is 3.10. The van der Waals surface area contributed by atoms with Crippen molar-refractivity contribution in [2.45, 2.75) is 33.2 Å². The van der Waals surface area contributed by atoms with Crippen molar-refractivity contribution in [1.82, 2.24) is 10.2 Å². The lowest BCUT2D eigenvalue weighted by Gasteiger charge is -2.37. The molecule has 1 heterocycles. The molecule has 0 saturated carbocycles. The molecule has 1 fully saturated rings. The van der Waals surface area contributed by atoms with Crippen LogP contribution in [0, 0.1) is 11.8 Å². The number of likely N-dealkylation sites (tertiary alicyclic amines) is 1. The molecule has 1 aliphatic heterocycles. The molecule has 2 atom stereocenters. The van der Waals surface area contributed by atoms with Crippen LogP contribution in [0.3, 0.4) is 0 Å². The number of carboxylic acids is 1. The van der Waals surface area contributed by atoms with Gasteiger partial charge in [-0.25, -0.2) is 4.79 Å². The smallest absolute Gasteiger partial charge is 0.407 e. The highest BCUT2D eigenvalue weighted by molar-refractivity contribution is 5.71. The standard InChI is InChI=1S/C13H24N2O4/c1-4-19-13(18)14-11-5-10(12(16)17)7-15(8-11)6-9(2)3/h9-11H,4-8H2,1-3H3,(H,14,18)(H,16,17). The summed E-state index contributed by atoms with van der Waals surface area (Å²) in [5, 5.41) is 11.9. The third kappa shape index (κ3) is 5.46. The molecule has 6 nitrogen and oxygen atoms in total. The highest BCUT2D eigenvalue weighted by Crippen LogP contribution is 2.18. The van der Waals surface area contributed by atoms with E-state index in [0.717, 1.165) is 6.54 Å². The van der Waals surface area contributed by atoms with Crippen molar-refractivity contribution in [3.8, 4) is 0 Å². The number of hydrogen-bond acceptors (Lipinski definition) is 4. The minimum atomic E-state index is -0.802. The summed E-state index contributed by atoms with van der Waals surface area (Å²) >= 11 is 0. The number of carbonyl (C=O) groups excluding carboxylic acids is 1. The predicted molar refractivity (Wildman–Crippen MR) is 71.0 cm³/mol. The van der Waals surface area contributed by atoms with Gasteiger partial charge in [0.1, 0.15) is 0 Å². The van der Waals surface area contributed by atoms with Gasteiger partial charge in [0.25, 0.3) is 0 Å². The first-order chi connectivity index (χ1) is 8.92. The minimum Gasteiger partial charge on any atom is -0.481 e. The summed E-state index contributed by atoms with van der Waals surface area (Å²) < 4.78 is 4.84. The number of nitrogens with zero attached hydrogens (tertiary/aromatic N) is 1. The summed E-state index contributed by atoms with van der Waals surface area (Å²) in [6.07, 6.45) is -0.00836. The number of hydrogen-bond donors (Lipinski definition) is 2. The fraction of sp³-hybridized carbons (Fsp3) is 0.846. The van der Waals surface area contributed by atoms with Crippen LogP contribution in [0.15, 0.2) is 0 Å². The Kier molecular flexibility index (Phi) is 6.08. The number of carboxylic acid groups (broad SMARTS) is 1. The van der Waals surface area contributed by atoms with E-state index in [-0.39, 0.29) is 6.04 Å². The molecule has 0 aromatic heterocycles. The van der Waals surface area contributed by atoms with E-state index in [9.17, 15) is 14.7 Å². The number of piperidine rings is 1. The SMILES string of the molecule is CCOC(=O)NC1CC(C(=O)O)CN(CC(C)C)C1. The maximum Gasteiger partial charge on any atom is 0.407 e. The van der Waals surface area contributed by atoms with Crippen molar-refractivity contribution in [1.29, 1.82) is 0 Å². The Morgan fingerprint density at radius 1 is 1.42 bits per heavy atom. The molecular weight excluding hydrogens is 248 g/mol. The van der Waals surface area contributed by atoms with E-state index in [1.54, 1.807) is 6.92 Å². The Hall–Kier alpha value is -1.30. The molecule has 19 heavy (non-hydrogen) atoms. The van der Waals surface area contributed by atoms with Gasteiger partial charge in [0.05, 0.1) is 12.5 Å². The molecule has 6 heteroatoms. The lowest BCUT2D eigenvalue weighted by atomic mass is 9.93. The zero-order chi connectivity index (χ0) is 14.4. The molecule has 1 amide bonds. The maximum absolute atomic E-state index is 11.4. The predicted octanol–water partition coefficient (Wildman–Crippen LogP) is 1.16. The van der Waals surface area contributed by atoms with Gasteiger partial charge in [0, 0.05) is 25.7 Å². The topological polar surface area (TPSA) is 78.9 Å². The lowest BCUT2D eigenvalue weighted by Crippen LogP contribution is -2.53. The maximum atomic E-state index is 11.4. The summed E-state index contributed by atoms with van der Waals surface area (Å²) in [7, 11) is 0. The van der Waals surface area contributed by atoms with Crippen molar-refractivity contribution in [3.05, 3.63) is 0 Å². The van der Waals surface area contributed by atoms with Crippen LogP contribution in [-0.2, 0) is 9.53 Å². The lowest BCUT2D eigenvalue weighted by molar-refractivity contribution is -0.144. The Bertz CT molecular complexity index is 320. The van der Waals surface area contributed by atoms with Crippen LogP contribution in [-0.4, -0.2) is 54.4 Å². The van der Waals surface area contributed by atoms with Gasteiger partial charge in [-0.15, -0.1) is 0 Å². The summed E-state index contributed by atoms with van der Waals surface area (Å²) in [6, 6.07) is -0.160. The molecule has 0 aliphatic carbocycles. The second kappa shape index (κ2) is 7.33. The quantitative estimate of drug-likeness (QED) is 0.785. The largest absolute Gasteiger partial charge is 0.481 e. The van der Waals surface area contributed by atoms with Crippen molar-refractivity contribution in [2.75, 3.05) is 26.2 Å². The number of amides is 1. The molecule has 2 N–H and O–H groups in total. The second-order valence-corrected chi connectivity index (χ2v) is 5.44. The highest BCUT2D eigenvalue weighted by atomic mass is 16.5. The molecule has 1 aliphatic rings. The molecular formula is C13H24N2O4. The van der Waals surface area contributed by atoms with Crippen molar-refractivity contribution in [3.63, 3.8) is 0 Å². The van der Waals surface area contributed by atoms with Gasteiger partial charge in [-0.2, -0.15) is 0 Å². The first-order valence-electron chi connectivity index (χ1n) is 6.80. The van der Waals surface area contributed by atoms with Crippen LogP contribution in [0.25, 0.3) is 0 Å². The van der Waals surface area contributed by atoms with Gasteiger partial charge >= 0.3 is 12.1 Å². The first kappa shape index (κ1) is 15.8.